The number of halogens is 3. The van der Waals surface area contributed by atoms with Gasteiger partial charge in [-0.15, -0.1) is 0 Å². The number of ether oxygens (including phenoxy) is 2. The lowest BCUT2D eigenvalue weighted by Crippen LogP contribution is -2.70. The van der Waals surface area contributed by atoms with E-state index in [0.29, 0.717) is 16.7 Å². The molecule has 0 atom stereocenters. The lowest BCUT2D eigenvalue weighted by Gasteiger charge is -2.40. The van der Waals surface area contributed by atoms with Gasteiger partial charge in [-0.05, 0) is 41.3 Å². The number of nitrogens with one attached hydrogen (secondary N) is 2. The second-order valence-electron chi connectivity index (χ2n) is 9.25. The Morgan fingerprint density at radius 1 is 1.12 bits per heavy atom. The minimum absolute atomic E-state index is 0.0133. The summed E-state index contributed by atoms with van der Waals surface area (Å²) in [6.45, 7) is 1.60. The summed E-state index contributed by atoms with van der Waals surface area (Å²) >= 11 is 6.08. The molecule has 3 heterocycles. The molecule has 0 spiro atoms. The van der Waals surface area contributed by atoms with Crippen molar-refractivity contribution in [1.29, 1.82) is 0 Å². The number of hydrogen-bond donors (Lipinski definition) is 2. The lowest BCUT2D eigenvalue weighted by atomic mass is 9.95. The number of aromatic nitrogens is 4. The Morgan fingerprint density at radius 2 is 1.88 bits per heavy atom. The van der Waals surface area contributed by atoms with Gasteiger partial charge in [0, 0.05) is 30.9 Å². The fourth-order valence-electron chi connectivity index (χ4n) is 4.22. The van der Waals surface area contributed by atoms with E-state index < -0.39 is 29.0 Å². The number of nitrogens with zero attached hydrogens (tertiary/aromatic N) is 4. The summed E-state index contributed by atoms with van der Waals surface area (Å²) in [4.78, 5) is 37.5. The highest BCUT2D eigenvalue weighted by molar-refractivity contribution is 6.31. The zero-order valence-corrected chi connectivity index (χ0v) is 22.6. The van der Waals surface area contributed by atoms with Crippen molar-refractivity contribution in [3.63, 3.8) is 0 Å². The van der Waals surface area contributed by atoms with Gasteiger partial charge in [0.2, 0.25) is 11.7 Å². The summed E-state index contributed by atoms with van der Waals surface area (Å²) < 4.78 is 45.1. The van der Waals surface area contributed by atoms with E-state index in [1.165, 1.54) is 37.7 Å². The van der Waals surface area contributed by atoms with E-state index in [1.54, 1.807) is 13.0 Å². The molecular weight excluding hydrogens is 562 g/mol. The third-order valence-corrected chi connectivity index (χ3v) is 6.63. The average Bonchev–Trinajstić information content (AvgIpc) is 3.36. The monoisotopic (exact) mass is 584 g/mol. The first-order valence-corrected chi connectivity index (χ1v) is 12.7. The quantitative estimate of drug-likeness (QED) is 0.303. The van der Waals surface area contributed by atoms with Gasteiger partial charge >= 0.3 is 6.01 Å². The van der Waals surface area contributed by atoms with Crippen molar-refractivity contribution in [3.05, 3.63) is 76.4 Å². The molecule has 4 aromatic rings. The number of methoxy groups -OCH3 is 1. The minimum atomic E-state index is -1.28. The molecule has 0 aliphatic carbocycles. The Balaban J connectivity index is 1.25. The maximum Gasteiger partial charge on any atom is 0.316 e. The highest BCUT2D eigenvalue weighted by Gasteiger charge is 2.47. The van der Waals surface area contributed by atoms with Crippen LogP contribution in [0.15, 0.2) is 47.2 Å². The lowest BCUT2D eigenvalue weighted by molar-refractivity contribution is -0.146. The van der Waals surface area contributed by atoms with Crippen molar-refractivity contribution in [2.45, 2.75) is 18.9 Å². The van der Waals surface area contributed by atoms with Crippen LogP contribution < -0.4 is 15.4 Å². The van der Waals surface area contributed by atoms with Crippen molar-refractivity contribution >= 4 is 23.4 Å². The van der Waals surface area contributed by atoms with Gasteiger partial charge in [0.15, 0.2) is 5.54 Å². The van der Waals surface area contributed by atoms with Gasteiger partial charge in [-0.3, -0.25) is 9.59 Å². The second kappa shape index (κ2) is 11.6. The standard InChI is InChI=1S/C27H23ClF2N6O5/c1-14-34-23(36-41-14)22-19(8-18(28)9-21(22)30)16-4-3-15(20(29)7-16)5-6-31-25(38)27(12-40-13-27)35-24(37)17-10-32-26(39-2)33-11-17/h3-4,7-11H,5-6,12-13H2,1-2H3,(H,31,38)(H,35,37). The van der Waals surface area contributed by atoms with Crippen LogP contribution >= 0.6 is 11.6 Å². The van der Waals surface area contributed by atoms with Crippen LogP contribution in [0.5, 0.6) is 6.01 Å². The molecule has 2 aromatic heterocycles. The third kappa shape index (κ3) is 5.86. The number of aryl methyl sites for hydroxylation is 1. The van der Waals surface area contributed by atoms with Gasteiger partial charge in [-0.2, -0.15) is 4.98 Å². The molecule has 212 valence electrons. The average molecular weight is 585 g/mol. The molecular formula is C27H23ClF2N6O5. The summed E-state index contributed by atoms with van der Waals surface area (Å²) in [5, 5.41) is 9.30. The van der Waals surface area contributed by atoms with Crippen LogP contribution in [-0.4, -0.2) is 64.3 Å². The van der Waals surface area contributed by atoms with Gasteiger partial charge in [0.25, 0.3) is 11.8 Å². The molecule has 2 amide bonds. The Bertz CT molecular complexity index is 1610. The molecule has 0 bridgehead atoms. The molecule has 11 nitrogen and oxygen atoms in total. The van der Waals surface area contributed by atoms with E-state index in [2.05, 4.69) is 30.7 Å². The van der Waals surface area contributed by atoms with E-state index >= 15 is 4.39 Å². The largest absolute Gasteiger partial charge is 0.467 e. The van der Waals surface area contributed by atoms with Crippen LogP contribution in [0.2, 0.25) is 5.02 Å². The molecule has 1 aliphatic rings. The van der Waals surface area contributed by atoms with E-state index in [4.69, 9.17) is 25.6 Å². The zero-order valence-electron chi connectivity index (χ0n) is 21.8. The van der Waals surface area contributed by atoms with E-state index in [-0.39, 0.29) is 60.1 Å². The van der Waals surface area contributed by atoms with Crippen molar-refractivity contribution in [3.8, 4) is 28.5 Å². The number of carbonyl (C=O) groups is 2. The molecule has 41 heavy (non-hydrogen) atoms. The van der Waals surface area contributed by atoms with Crippen molar-refractivity contribution in [1.82, 2.24) is 30.7 Å². The Morgan fingerprint density at radius 3 is 2.49 bits per heavy atom. The first kappa shape index (κ1) is 28.1. The first-order chi connectivity index (χ1) is 19.7. The van der Waals surface area contributed by atoms with Crippen molar-refractivity contribution < 1.29 is 32.4 Å². The molecule has 14 heteroatoms. The van der Waals surface area contributed by atoms with Crippen molar-refractivity contribution in [2.24, 2.45) is 0 Å². The van der Waals surface area contributed by atoms with Gasteiger partial charge < -0.3 is 24.6 Å². The molecule has 0 unspecified atom stereocenters. The molecule has 0 radical (unpaired) electrons. The highest BCUT2D eigenvalue weighted by Crippen LogP contribution is 2.36. The fraction of sp³-hybridized carbons (Fsp3) is 0.259. The second-order valence-corrected chi connectivity index (χ2v) is 9.68. The Labute approximate surface area is 237 Å². The molecule has 2 aromatic carbocycles. The van der Waals surface area contributed by atoms with Gasteiger partial charge in [0.1, 0.15) is 11.6 Å². The zero-order chi connectivity index (χ0) is 29.1. The third-order valence-electron chi connectivity index (χ3n) is 6.41. The van der Waals surface area contributed by atoms with Crippen LogP contribution in [0.25, 0.3) is 22.5 Å². The predicted molar refractivity (Wildman–Crippen MR) is 141 cm³/mol. The summed E-state index contributed by atoms with van der Waals surface area (Å²) in [6, 6.07) is 7.11. The topological polar surface area (TPSA) is 141 Å². The van der Waals surface area contributed by atoms with E-state index in [1.807, 2.05) is 0 Å². The first-order valence-electron chi connectivity index (χ1n) is 12.3. The number of amides is 2. The highest BCUT2D eigenvalue weighted by atomic mass is 35.5. The summed E-state index contributed by atoms with van der Waals surface area (Å²) in [5.41, 5.74) is -0.151. The molecule has 2 N–H and O–H groups in total. The minimum Gasteiger partial charge on any atom is -0.467 e. The van der Waals surface area contributed by atoms with E-state index in [0.717, 1.165) is 6.07 Å². The van der Waals surface area contributed by atoms with Crippen LogP contribution in [-0.2, 0) is 16.0 Å². The van der Waals surface area contributed by atoms with Gasteiger partial charge in [-0.25, -0.2) is 18.7 Å². The molecule has 1 saturated heterocycles. The molecule has 0 saturated carbocycles. The predicted octanol–water partition coefficient (Wildman–Crippen LogP) is 3.30. The Kier molecular flexibility index (Phi) is 7.90. The van der Waals surface area contributed by atoms with Crippen LogP contribution in [0.3, 0.4) is 0 Å². The maximum atomic E-state index is 15.1. The molecule has 1 fully saturated rings. The van der Waals surface area contributed by atoms with Crippen LogP contribution in [0.4, 0.5) is 8.78 Å². The number of benzene rings is 2. The number of hydrogen-bond acceptors (Lipinski definition) is 9. The summed E-state index contributed by atoms with van der Waals surface area (Å²) in [6.07, 6.45) is 2.71. The van der Waals surface area contributed by atoms with Crippen LogP contribution in [0, 0.1) is 18.6 Å². The number of rotatable bonds is 9. The maximum absolute atomic E-state index is 15.1. The Hall–Kier alpha value is -4.49. The normalized spacial score (nSPS) is 13.8. The number of carbonyl (C=O) groups excluding carboxylic acids is 2. The molecule has 5 rings (SSSR count). The van der Waals surface area contributed by atoms with Crippen molar-refractivity contribution in [2.75, 3.05) is 26.9 Å². The van der Waals surface area contributed by atoms with Gasteiger partial charge in [0.05, 0.1) is 31.5 Å². The van der Waals surface area contributed by atoms with E-state index in [9.17, 15) is 14.0 Å². The van der Waals surface area contributed by atoms with Crippen LogP contribution in [0.1, 0.15) is 21.8 Å². The summed E-state index contributed by atoms with van der Waals surface area (Å²) in [7, 11) is 1.40. The fourth-order valence-corrected chi connectivity index (χ4v) is 4.43. The summed E-state index contributed by atoms with van der Waals surface area (Å²) in [5.74, 6) is -2.02. The molecule has 1 aliphatic heterocycles. The smallest absolute Gasteiger partial charge is 0.316 e. The SMILES string of the molecule is COc1ncc(C(=O)NC2(C(=O)NCCc3ccc(-c4cc(Cl)cc(F)c4-c4noc(C)n4)cc3F)COC2)cn1. The van der Waals surface area contributed by atoms with Gasteiger partial charge in [-0.1, -0.05) is 28.9 Å².